The third-order valence-electron chi connectivity index (χ3n) is 4.21. The number of anilines is 3. The Bertz CT molecular complexity index is 1040. The fourth-order valence-corrected chi connectivity index (χ4v) is 2.91. The molecule has 0 saturated heterocycles. The van der Waals surface area contributed by atoms with Crippen molar-refractivity contribution in [2.75, 3.05) is 17.2 Å². The van der Waals surface area contributed by atoms with Crippen LogP contribution in [0.15, 0.2) is 72.9 Å². The monoisotopic (exact) mass is 355 g/mol. The number of para-hydroxylation sites is 1. The third-order valence-corrected chi connectivity index (χ3v) is 4.21. The normalized spacial score (nSPS) is 10.7. The zero-order chi connectivity index (χ0) is 18.5. The molecule has 0 amide bonds. The lowest BCUT2D eigenvalue weighted by Gasteiger charge is -2.12. The first-order valence-electron chi connectivity index (χ1n) is 9.12. The lowest BCUT2D eigenvalue weighted by molar-refractivity contribution is 0.966. The molecule has 2 heterocycles. The van der Waals surface area contributed by atoms with E-state index in [0.29, 0.717) is 5.82 Å². The van der Waals surface area contributed by atoms with Crippen molar-refractivity contribution < 1.29 is 0 Å². The summed E-state index contributed by atoms with van der Waals surface area (Å²) in [5.41, 5.74) is 2.83. The highest BCUT2D eigenvalue weighted by Gasteiger charge is 2.09. The maximum absolute atomic E-state index is 4.72. The van der Waals surface area contributed by atoms with Gasteiger partial charge >= 0.3 is 0 Å². The summed E-state index contributed by atoms with van der Waals surface area (Å²) in [6.45, 7) is 2.99. The third kappa shape index (κ3) is 3.87. The van der Waals surface area contributed by atoms with Crippen LogP contribution in [0.1, 0.15) is 13.3 Å². The van der Waals surface area contributed by atoms with E-state index in [9.17, 15) is 0 Å². The van der Waals surface area contributed by atoms with Gasteiger partial charge in [-0.15, -0.1) is 0 Å². The molecule has 0 radical (unpaired) electrons. The maximum atomic E-state index is 4.72. The number of benzene rings is 2. The Morgan fingerprint density at radius 3 is 2.52 bits per heavy atom. The molecule has 0 saturated carbocycles. The second-order valence-corrected chi connectivity index (χ2v) is 6.26. The average molecular weight is 355 g/mol. The summed E-state index contributed by atoms with van der Waals surface area (Å²) >= 11 is 0. The van der Waals surface area contributed by atoms with Gasteiger partial charge in [-0.2, -0.15) is 0 Å². The van der Waals surface area contributed by atoms with E-state index in [1.165, 1.54) is 0 Å². The van der Waals surface area contributed by atoms with Crippen molar-refractivity contribution in [3.05, 3.63) is 72.9 Å². The van der Waals surface area contributed by atoms with Gasteiger partial charge in [0.15, 0.2) is 5.82 Å². The Kier molecular flexibility index (Phi) is 4.92. The number of hydrogen-bond donors (Lipinski definition) is 2. The van der Waals surface area contributed by atoms with E-state index in [1.54, 1.807) is 6.20 Å². The summed E-state index contributed by atoms with van der Waals surface area (Å²) < 4.78 is 0. The molecule has 0 spiro atoms. The van der Waals surface area contributed by atoms with E-state index in [0.717, 1.165) is 46.8 Å². The van der Waals surface area contributed by atoms with Gasteiger partial charge in [-0.25, -0.2) is 9.97 Å². The van der Waals surface area contributed by atoms with Crippen LogP contribution < -0.4 is 10.6 Å². The molecule has 27 heavy (non-hydrogen) atoms. The number of hydrogen-bond acceptors (Lipinski definition) is 5. The molecule has 134 valence electrons. The number of nitrogens with zero attached hydrogens (tertiary/aromatic N) is 3. The summed E-state index contributed by atoms with van der Waals surface area (Å²) in [5.74, 6) is 2.23. The molecule has 0 atom stereocenters. The van der Waals surface area contributed by atoms with Crippen molar-refractivity contribution in [2.24, 2.45) is 0 Å². The van der Waals surface area contributed by atoms with Gasteiger partial charge in [-0.05, 0) is 18.6 Å². The molecular formula is C22H21N5. The molecule has 0 aliphatic rings. The molecule has 0 unspecified atom stereocenters. The van der Waals surface area contributed by atoms with E-state index in [4.69, 9.17) is 4.98 Å². The Labute approximate surface area is 158 Å². The van der Waals surface area contributed by atoms with E-state index in [2.05, 4.69) is 39.7 Å². The first-order valence-corrected chi connectivity index (χ1v) is 9.12. The van der Waals surface area contributed by atoms with Crippen molar-refractivity contribution in [2.45, 2.75) is 13.3 Å². The number of nitrogens with one attached hydrogen (secondary N) is 2. The topological polar surface area (TPSA) is 62.7 Å². The van der Waals surface area contributed by atoms with Crippen LogP contribution in [0.3, 0.4) is 0 Å². The second kappa shape index (κ2) is 7.83. The van der Waals surface area contributed by atoms with E-state index in [-0.39, 0.29) is 0 Å². The molecule has 0 bridgehead atoms. The highest BCUT2D eigenvalue weighted by atomic mass is 15.1. The predicted octanol–water partition coefficient (Wildman–Crippen LogP) is 5.26. The molecule has 2 aromatic heterocycles. The molecule has 0 aliphatic carbocycles. The molecule has 0 aliphatic heterocycles. The van der Waals surface area contributed by atoms with Crippen molar-refractivity contribution in [3.63, 3.8) is 0 Å². The van der Waals surface area contributed by atoms with Crippen LogP contribution in [-0.4, -0.2) is 21.5 Å². The molecule has 5 heteroatoms. The molecule has 2 N–H and O–H groups in total. The maximum Gasteiger partial charge on any atom is 0.163 e. The number of fused-ring (bicyclic) bond motifs is 1. The van der Waals surface area contributed by atoms with Crippen molar-refractivity contribution >= 4 is 28.2 Å². The number of aromatic nitrogens is 3. The molecule has 0 fully saturated rings. The Morgan fingerprint density at radius 1 is 0.852 bits per heavy atom. The van der Waals surface area contributed by atoms with Crippen LogP contribution in [0.25, 0.3) is 22.3 Å². The lowest BCUT2D eigenvalue weighted by atomic mass is 10.2. The van der Waals surface area contributed by atoms with Gasteiger partial charge in [0.25, 0.3) is 0 Å². The highest BCUT2D eigenvalue weighted by Crippen LogP contribution is 2.26. The van der Waals surface area contributed by atoms with Gasteiger partial charge in [0.2, 0.25) is 0 Å². The van der Waals surface area contributed by atoms with Crippen LogP contribution in [0.4, 0.5) is 17.3 Å². The summed E-state index contributed by atoms with van der Waals surface area (Å²) in [4.78, 5) is 13.9. The fourth-order valence-electron chi connectivity index (χ4n) is 2.91. The van der Waals surface area contributed by atoms with Crippen LogP contribution in [-0.2, 0) is 0 Å². The Morgan fingerprint density at radius 2 is 1.67 bits per heavy atom. The molecule has 4 aromatic rings. The first-order chi connectivity index (χ1) is 13.3. The minimum Gasteiger partial charge on any atom is -0.370 e. The predicted molar refractivity (Wildman–Crippen MR) is 111 cm³/mol. The van der Waals surface area contributed by atoms with Crippen molar-refractivity contribution in [1.29, 1.82) is 0 Å². The van der Waals surface area contributed by atoms with E-state index in [1.807, 2.05) is 54.6 Å². The number of rotatable bonds is 6. The zero-order valence-corrected chi connectivity index (χ0v) is 15.2. The Balaban J connectivity index is 1.74. The van der Waals surface area contributed by atoms with Gasteiger partial charge in [-0.3, -0.25) is 4.98 Å². The fraction of sp³-hybridized carbons (Fsp3) is 0.136. The number of pyridine rings is 1. The largest absolute Gasteiger partial charge is 0.370 e. The quantitative estimate of drug-likeness (QED) is 0.494. The van der Waals surface area contributed by atoms with Crippen molar-refractivity contribution in [1.82, 2.24) is 15.0 Å². The van der Waals surface area contributed by atoms with Crippen LogP contribution in [0.5, 0.6) is 0 Å². The SMILES string of the molecule is CCCNc1cc(Nc2cccc3cccnc23)nc(-c2ccccc2)n1. The highest BCUT2D eigenvalue weighted by molar-refractivity contribution is 5.91. The Hall–Kier alpha value is -3.47. The van der Waals surface area contributed by atoms with Crippen LogP contribution >= 0.6 is 0 Å². The van der Waals surface area contributed by atoms with E-state index < -0.39 is 0 Å². The molecule has 5 nitrogen and oxygen atoms in total. The standard InChI is InChI=1S/C22H21N5/c1-2-13-23-19-15-20(27-22(26-19)17-8-4-3-5-9-17)25-18-12-6-10-16-11-7-14-24-21(16)18/h3-12,14-15H,2,13H2,1H3,(H2,23,25,26,27). The minimum absolute atomic E-state index is 0.687. The van der Waals surface area contributed by atoms with Gasteiger partial charge in [-0.1, -0.05) is 55.5 Å². The van der Waals surface area contributed by atoms with Crippen molar-refractivity contribution in [3.8, 4) is 11.4 Å². The van der Waals surface area contributed by atoms with Gasteiger partial charge in [0.05, 0.1) is 11.2 Å². The first kappa shape index (κ1) is 17.0. The van der Waals surface area contributed by atoms with Crippen LogP contribution in [0.2, 0.25) is 0 Å². The lowest BCUT2D eigenvalue weighted by Crippen LogP contribution is -2.06. The average Bonchev–Trinajstić information content (AvgIpc) is 2.73. The van der Waals surface area contributed by atoms with E-state index >= 15 is 0 Å². The summed E-state index contributed by atoms with van der Waals surface area (Å²) in [6, 6.07) is 22.0. The van der Waals surface area contributed by atoms with Gasteiger partial charge in [0, 0.05) is 29.8 Å². The van der Waals surface area contributed by atoms with Gasteiger partial charge in [0.1, 0.15) is 11.6 Å². The smallest absolute Gasteiger partial charge is 0.163 e. The second-order valence-electron chi connectivity index (χ2n) is 6.26. The van der Waals surface area contributed by atoms with Gasteiger partial charge < -0.3 is 10.6 Å². The zero-order valence-electron chi connectivity index (χ0n) is 15.2. The minimum atomic E-state index is 0.687. The molecule has 4 rings (SSSR count). The summed E-state index contributed by atoms with van der Waals surface area (Å²) in [7, 11) is 0. The summed E-state index contributed by atoms with van der Waals surface area (Å²) in [6.07, 6.45) is 2.83. The molecule has 2 aromatic carbocycles. The molecular weight excluding hydrogens is 334 g/mol. The van der Waals surface area contributed by atoms with Crippen LogP contribution in [0, 0.1) is 0 Å². The summed E-state index contributed by atoms with van der Waals surface area (Å²) in [5, 5.41) is 7.87.